The van der Waals surface area contributed by atoms with Gasteiger partial charge in [-0.3, -0.25) is 19.3 Å². The van der Waals surface area contributed by atoms with Gasteiger partial charge in [0.2, 0.25) is 0 Å². The van der Waals surface area contributed by atoms with Crippen LogP contribution in [0.15, 0.2) is 59.5 Å². The van der Waals surface area contributed by atoms with Gasteiger partial charge in [0.1, 0.15) is 16.6 Å². The maximum atomic E-state index is 12.4. The molecule has 0 aromatic heterocycles. The van der Waals surface area contributed by atoms with Gasteiger partial charge < -0.3 is 14.6 Å². The highest BCUT2D eigenvalue weighted by Crippen LogP contribution is 2.32. The lowest BCUT2D eigenvalue weighted by atomic mass is 10.1. The Morgan fingerprint density at radius 2 is 1.75 bits per heavy atom. The van der Waals surface area contributed by atoms with Crippen LogP contribution in [0.1, 0.15) is 21.5 Å². The molecular formula is C23H19NO6S2. The quantitative estimate of drug-likeness (QED) is 0.256. The molecule has 1 aliphatic rings. The molecule has 0 radical (unpaired) electrons. The number of thiocarbonyl (C=S) groups is 1. The minimum absolute atomic E-state index is 0.139. The zero-order valence-corrected chi connectivity index (χ0v) is 18.7. The van der Waals surface area contributed by atoms with Crippen LogP contribution in [0.2, 0.25) is 0 Å². The van der Waals surface area contributed by atoms with Gasteiger partial charge >= 0.3 is 5.97 Å². The van der Waals surface area contributed by atoms with Crippen molar-refractivity contribution in [2.24, 2.45) is 0 Å². The predicted octanol–water partition coefficient (Wildman–Crippen LogP) is 3.85. The van der Waals surface area contributed by atoms with Crippen molar-refractivity contribution in [3.05, 3.63) is 76.2 Å². The summed E-state index contributed by atoms with van der Waals surface area (Å²) in [6.07, 6.45) is 4.85. The fourth-order valence-electron chi connectivity index (χ4n) is 2.74. The highest BCUT2D eigenvalue weighted by atomic mass is 32.2. The summed E-state index contributed by atoms with van der Waals surface area (Å²) in [6, 6.07) is 14.0. The van der Waals surface area contributed by atoms with E-state index in [9.17, 15) is 14.4 Å². The number of benzene rings is 2. The molecular weight excluding hydrogens is 450 g/mol. The molecule has 0 aliphatic carbocycles. The molecule has 9 heteroatoms. The van der Waals surface area contributed by atoms with Crippen LogP contribution >= 0.6 is 24.0 Å². The van der Waals surface area contributed by atoms with Crippen LogP contribution in [0, 0.1) is 0 Å². The average molecular weight is 470 g/mol. The van der Waals surface area contributed by atoms with Crippen molar-refractivity contribution < 1.29 is 29.0 Å². The second-order valence-electron chi connectivity index (χ2n) is 6.60. The molecule has 1 aliphatic heterocycles. The summed E-state index contributed by atoms with van der Waals surface area (Å²) in [7, 11) is 1.53. The molecule has 2 aromatic carbocycles. The summed E-state index contributed by atoms with van der Waals surface area (Å²) in [5.74, 6) is -1.07. The molecule has 0 unspecified atom stereocenters. The number of carbonyl (C=O) groups is 3. The van der Waals surface area contributed by atoms with E-state index in [1.165, 1.54) is 13.2 Å². The van der Waals surface area contributed by atoms with Gasteiger partial charge in [-0.25, -0.2) is 0 Å². The number of carbonyl (C=O) groups excluding carboxylic acids is 2. The van der Waals surface area contributed by atoms with E-state index in [1.807, 2.05) is 12.1 Å². The number of methoxy groups -OCH3 is 1. The average Bonchev–Trinajstić information content (AvgIpc) is 3.04. The Balaban J connectivity index is 1.63. The third-order valence-electron chi connectivity index (χ3n) is 4.31. The molecule has 0 spiro atoms. The van der Waals surface area contributed by atoms with Crippen molar-refractivity contribution in [2.45, 2.75) is 0 Å². The number of carboxylic acids is 1. The fraction of sp³-hybridized carbons (Fsp3) is 0.130. The molecule has 1 N–H and O–H groups in total. The molecule has 7 nitrogen and oxygen atoms in total. The Kier molecular flexibility index (Phi) is 7.93. The lowest BCUT2D eigenvalue weighted by Gasteiger charge is -2.10. The minimum Gasteiger partial charge on any atom is -0.480 e. The number of thioether (sulfide) groups is 1. The number of aliphatic carboxylic acids is 1. The number of hydrogen-bond acceptors (Lipinski definition) is 7. The minimum atomic E-state index is -1.12. The lowest BCUT2D eigenvalue weighted by molar-refractivity contribution is -0.140. The normalized spacial score (nSPS) is 15.0. The zero-order valence-electron chi connectivity index (χ0n) is 17.0. The van der Waals surface area contributed by atoms with Crippen LogP contribution in [-0.4, -0.2) is 52.4 Å². The van der Waals surface area contributed by atoms with E-state index < -0.39 is 18.4 Å². The van der Waals surface area contributed by atoms with E-state index in [-0.39, 0.29) is 16.9 Å². The number of rotatable bonds is 9. The first-order valence-corrected chi connectivity index (χ1v) is 10.6. The van der Waals surface area contributed by atoms with Gasteiger partial charge in [-0.1, -0.05) is 54.3 Å². The van der Waals surface area contributed by atoms with Gasteiger partial charge in [0.15, 0.2) is 12.6 Å². The molecule has 3 rings (SSSR count). The first-order chi connectivity index (χ1) is 15.4. The molecule has 1 saturated heterocycles. The Morgan fingerprint density at radius 3 is 2.38 bits per heavy atom. The van der Waals surface area contributed by atoms with Gasteiger partial charge in [0, 0.05) is 12.7 Å². The van der Waals surface area contributed by atoms with Crippen molar-refractivity contribution in [3.63, 3.8) is 0 Å². The summed E-state index contributed by atoms with van der Waals surface area (Å²) in [5.41, 5.74) is 2.11. The highest BCUT2D eigenvalue weighted by Gasteiger charge is 2.33. The van der Waals surface area contributed by atoms with E-state index in [2.05, 4.69) is 0 Å². The van der Waals surface area contributed by atoms with E-state index >= 15 is 0 Å². The predicted molar refractivity (Wildman–Crippen MR) is 126 cm³/mol. The van der Waals surface area contributed by atoms with Crippen molar-refractivity contribution in [2.75, 3.05) is 20.4 Å². The summed E-state index contributed by atoms with van der Waals surface area (Å²) in [6.45, 7) is -0.317. The molecule has 32 heavy (non-hydrogen) atoms. The van der Waals surface area contributed by atoms with Gasteiger partial charge in [-0.05, 0) is 47.5 Å². The molecule has 1 amide bonds. The Hall–Kier alpha value is -3.27. The first-order valence-electron chi connectivity index (χ1n) is 9.39. The highest BCUT2D eigenvalue weighted by molar-refractivity contribution is 8.26. The van der Waals surface area contributed by atoms with Crippen molar-refractivity contribution in [3.8, 4) is 5.75 Å². The number of hydrogen-bond donors (Lipinski definition) is 1. The first kappa shape index (κ1) is 23.4. The summed E-state index contributed by atoms with van der Waals surface area (Å²) in [5, 5.41) is 8.90. The fourth-order valence-corrected chi connectivity index (χ4v) is 3.99. The van der Waals surface area contributed by atoms with Crippen molar-refractivity contribution >= 4 is 58.1 Å². The molecule has 164 valence electrons. The zero-order chi connectivity index (χ0) is 23.1. The lowest BCUT2D eigenvalue weighted by Crippen LogP contribution is -2.33. The van der Waals surface area contributed by atoms with E-state index in [4.69, 9.17) is 26.8 Å². The Morgan fingerprint density at radius 1 is 1.09 bits per heavy atom. The maximum Gasteiger partial charge on any atom is 0.323 e. The summed E-state index contributed by atoms with van der Waals surface area (Å²) in [4.78, 5) is 37.0. The number of carboxylic acid groups (broad SMARTS) is 1. The van der Waals surface area contributed by atoms with Gasteiger partial charge in [0.05, 0.1) is 4.91 Å². The standard InChI is InChI=1S/C23H19NO6S2/c1-29-14-30-18-9-7-17(8-10-18)19(25)11-6-15-2-4-16(5-3-15)12-20-22(28)24(13-21(26)27)23(31)32-20/h2-12H,13-14H2,1H3,(H,26,27)/b11-6+,20-12+. The SMILES string of the molecule is COCOc1ccc(C(=O)/C=C/c2ccc(/C=C3/SC(=S)N(CC(=O)O)C3=O)cc2)cc1. The number of nitrogens with zero attached hydrogens (tertiary/aromatic N) is 1. The van der Waals surface area contributed by atoms with Crippen molar-refractivity contribution in [1.82, 2.24) is 4.90 Å². The van der Waals surface area contributed by atoms with Crippen LogP contribution in [0.5, 0.6) is 5.75 Å². The van der Waals surface area contributed by atoms with Crippen LogP contribution in [0.3, 0.4) is 0 Å². The number of ketones is 1. The number of amides is 1. The summed E-state index contributed by atoms with van der Waals surface area (Å²) < 4.78 is 10.4. The third kappa shape index (κ3) is 6.13. The second-order valence-corrected chi connectivity index (χ2v) is 8.28. The van der Waals surface area contributed by atoms with Crippen LogP contribution < -0.4 is 4.74 Å². The molecule has 1 heterocycles. The molecule has 0 atom stereocenters. The Labute approximate surface area is 194 Å². The second kappa shape index (κ2) is 10.9. The number of allylic oxidation sites excluding steroid dienone is 1. The largest absolute Gasteiger partial charge is 0.480 e. The van der Waals surface area contributed by atoms with E-state index in [0.717, 1.165) is 27.8 Å². The monoisotopic (exact) mass is 469 g/mol. The maximum absolute atomic E-state index is 12.4. The topological polar surface area (TPSA) is 93.1 Å². The van der Waals surface area contributed by atoms with Crippen LogP contribution in [-0.2, 0) is 14.3 Å². The van der Waals surface area contributed by atoms with E-state index in [1.54, 1.807) is 48.6 Å². The Bertz CT molecular complexity index is 1090. The molecule has 2 aromatic rings. The molecule has 0 bridgehead atoms. The van der Waals surface area contributed by atoms with Crippen LogP contribution in [0.25, 0.3) is 12.2 Å². The molecule has 1 fully saturated rings. The van der Waals surface area contributed by atoms with Crippen LogP contribution in [0.4, 0.5) is 0 Å². The third-order valence-corrected chi connectivity index (χ3v) is 5.69. The number of ether oxygens (including phenoxy) is 2. The van der Waals surface area contributed by atoms with Gasteiger partial charge in [0.25, 0.3) is 5.91 Å². The summed E-state index contributed by atoms with van der Waals surface area (Å²) >= 11 is 6.16. The van der Waals surface area contributed by atoms with Gasteiger partial charge in [-0.2, -0.15) is 0 Å². The van der Waals surface area contributed by atoms with E-state index in [0.29, 0.717) is 16.2 Å². The molecule has 0 saturated carbocycles. The van der Waals surface area contributed by atoms with Gasteiger partial charge in [-0.15, -0.1) is 0 Å². The van der Waals surface area contributed by atoms with Crippen molar-refractivity contribution in [1.29, 1.82) is 0 Å². The smallest absolute Gasteiger partial charge is 0.323 e.